The summed E-state index contributed by atoms with van der Waals surface area (Å²) in [5, 5.41) is 3.10. The standard InChI is InChI=1S/C23H22FN3O4S/c1-2-31-22(30)14-3-7-16(8-4-14)25-20(28)13-19-21(29)27(18-9-5-15(24)6-10-18)23(32)26(19)17-11-12-17/h3-10,17,19H,2,11-13H2,1H3,(H,25,28). The maximum atomic E-state index is 13.3. The molecule has 2 aliphatic rings. The zero-order valence-corrected chi connectivity index (χ0v) is 18.2. The van der Waals surface area contributed by atoms with Crippen LogP contribution in [0.2, 0.25) is 0 Å². The van der Waals surface area contributed by atoms with Gasteiger partial charge in [-0.3, -0.25) is 14.5 Å². The van der Waals surface area contributed by atoms with E-state index in [1.807, 2.05) is 4.90 Å². The highest BCUT2D eigenvalue weighted by atomic mass is 32.1. The summed E-state index contributed by atoms with van der Waals surface area (Å²) in [7, 11) is 0. The van der Waals surface area contributed by atoms with E-state index in [1.54, 1.807) is 31.2 Å². The molecule has 1 saturated carbocycles. The third-order valence-electron chi connectivity index (χ3n) is 5.34. The highest BCUT2D eigenvalue weighted by Gasteiger charge is 2.49. The average molecular weight is 456 g/mol. The molecule has 166 valence electrons. The van der Waals surface area contributed by atoms with E-state index in [1.165, 1.54) is 29.2 Å². The first-order valence-corrected chi connectivity index (χ1v) is 10.8. The van der Waals surface area contributed by atoms with Crippen molar-refractivity contribution in [3.63, 3.8) is 0 Å². The van der Waals surface area contributed by atoms with Crippen LogP contribution in [0.1, 0.15) is 36.5 Å². The summed E-state index contributed by atoms with van der Waals surface area (Å²) in [4.78, 5) is 40.9. The molecule has 1 aliphatic carbocycles. The van der Waals surface area contributed by atoms with Crippen molar-refractivity contribution in [1.82, 2.24) is 4.90 Å². The number of rotatable bonds is 7. The van der Waals surface area contributed by atoms with E-state index in [0.29, 0.717) is 22.1 Å². The van der Waals surface area contributed by atoms with Crippen molar-refractivity contribution >= 4 is 46.5 Å². The fourth-order valence-corrected chi connectivity index (χ4v) is 4.15. The number of anilines is 2. The van der Waals surface area contributed by atoms with Gasteiger partial charge in [-0.15, -0.1) is 0 Å². The number of carbonyl (C=O) groups is 3. The van der Waals surface area contributed by atoms with Gasteiger partial charge in [0.05, 0.1) is 24.3 Å². The van der Waals surface area contributed by atoms with Crippen LogP contribution in [-0.4, -0.2) is 46.5 Å². The van der Waals surface area contributed by atoms with Crippen LogP contribution in [0.4, 0.5) is 15.8 Å². The number of benzene rings is 2. The Balaban J connectivity index is 1.46. The molecule has 1 aliphatic heterocycles. The lowest BCUT2D eigenvalue weighted by molar-refractivity contribution is -0.124. The lowest BCUT2D eigenvalue weighted by Crippen LogP contribution is -2.39. The van der Waals surface area contributed by atoms with Gasteiger partial charge in [0, 0.05) is 11.7 Å². The van der Waals surface area contributed by atoms with Crippen molar-refractivity contribution in [2.24, 2.45) is 0 Å². The van der Waals surface area contributed by atoms with Gasteiger partial charge in [0.15, 0.2) is 5.11 Å². The second kappa shape index (κ2) is 9.04. The van der Waals surface area contributed by atoms with E-state index < -0.39 is 17.8 Å². The van der Waals surface area contributed by atoms with E-state index in [4.69, 9.17) is 17.0 Å². The van der Waals surface area contributed by atoms with Gasteiger partial charge < -0.3 is 15.0 Å². The van der Waals surface area contributed by atoms with Gasteiger partial charge >= 0.3 is 5.97 Å². The van der Waals surface area contributed by atoms with Crippen molar-refractivity contribution in [2.75, 3.05) is 16.8 Å². The van der Waals surface area contributed by atoms with Crippen LogP contribution < -0.4 is 10.2 Å². The summed E-state index contributed by atoms with van der Waals surface area (Å²) >= 11 is 5.55. The van der Waals surface area contributed by atoms with Gasteiger partial charge in [0.2, 0.25) is 5.91 Å². The highest BCUT2D eigenvalue weighted by molar-refractivity contribution is 7.80. The largest absolute Gasteiger partial charge is 0.462 e. The molecule has 0 radical (unpaired) electrons. The first-order chi connectivity index (χ1) is 15.4. The van der Waals surface area contributed by atoms with Gasteiger partial charge in [0.25, 0.3) is 5.91 Å². The number of halogens is 1. The Morgan fingerprint density at radius 3 is 2.38 bits per heavy atom. The van der Waals surface area contributed by atoms with Crippen LogP contribution in [0, 0.1) is 5.82 Å². The number of ether oxygens (including phenoxy) is 1. The number of carbonyl (C=O) groups excluding carboxylic acids is 3. The molecule has 32 heavy (non-hydrogen) atoms. The Bertz CT molecular complexity index is 1050. The molecule has 0 spiro atoms. The fraction of sp³-hybridized carbons (Fsp3) is 0.304. The number of amides is 2. The Labute approximate surface area is 190 Å². The average Bonchev–Trinajstić information content (AvgIpc) is 3.57. The molecule has 7 nitrogen and oxygen atoms in total. The van der Waals surface area contributed by atoms with Gasteiger partial charge in [-0.1, -0.05) is 0 Å². The van der Waals surface area contributed by atoms with Crippen molar-refractivity contribution in [3.8, 4) is 0 Å². The molecule has 1 atom stereocenters. The molecule has 4 rings (SSSR count). The molecule has 1 saturated heterocycles. The van der Waals surface area contributed by atoms with Crippen LogP contribution in [0.15, 0.2) is 48.5 Å². The Morgan fingerprint density at radius 1 is 1.12 bits per heavy atom. The fourth-order valence-electron chi connectivity index (χ4n) is 3.68. The van der Waals surface area contributed by atoms with Gasteiger partial charge in [-0.2, -0.15) is 0 Å². The first kappa shape index (κ1) is 21.9. The molecule has 9 heteroatoms. The zero-order valence-electron chi connectivity index (χ0n) is 17.4. The third kappa shape index (κ3) is 4.47. The van der Waals surface area contributed by atoms with Crippen molar-refractivity contribution in [3.05, 3.63) is 59.9 Å². The molecule has 0 aromatic heterocycles. The predicted octanol–water partition coefficient (Wildman–Crippen LogP) is 3.50. The monoisotopic (exact) mass is 455 g/mol. The second-order valence-electron chi connectivity index (χ2n) is 7.64. The van der Waals surface area contributed by atoms with Gasteiger partial charge in [0.1, 0.15) is 11.9 Å². The number of nitrogens with one attached hydrogen (secondary N) is 1. The van der Waals surface area contributed by atoms with Crippen molar-refractivity contribution in [1.29, 1.82) is 0 Å². The molecule has 2 aromatic rings. The normalized spacial score (nSPS) is 18.1. The van der Waals surface area contributed by atoms with Crippen LogP contribution in [0.25, 0.3) is 0 Å². The SMILES string of the molecule is CCOC(=O)c1ccc(NC(=O)CC2C(=O)N(c3ccc(F)cc3)C(=S)N2C2CC2)cc1. The van der Waals surface area contributed by atoms with Crippen LogP contribution in [-0.2, 0) is 14.3 Å². The lowest BCUT2D eigenvalue weighted by atomic mass is 10.1. The maximum absolute atomic E-state index is 13.3. The molecular weight excluding hydrogens is 433 g/mol. The smallest absolute Gasteiger partial charge is 0.338 e. The lowest BCUT2D eigenvalue weighted by Gasteiger charge is -2.23. The molecule has 2 aromatic carbocycles. The molecule has 2 amide bonds. The Morgan fingerprint density at radius 2 is 1.78 bits per heavy atom. The predicted molar refractivity (Wildman–Crippen MR) is 121 cm³/mol. The first-order valence-electron chi connectivity index (χ1n) is 10.4. The van der Waals surface area contributed by atoms with E-state index in [0.717, 1.165) is 12.8 Å². The summed E-state index contributed by atoms with van der Waals surface area (Å²) in [6, 6.07) is 11.3. The maximum Gasteiger partial charge on any atom is 0.338 e. The van der Waals surface area contributed by atoms with E-state index in [2.05, 4.69) is 5.32 Å². The van der Waals surface area contributed by atoms with Gasteiger partial charge in [-0.25, -0.2) is 9.18 Å². The summed E-state index contributed by atoms with van der Waals surface area (Å²) < 4.78 is 18.3. The number of esters is 1. The quantitative estimate of drug-likeness (QED) is 0.509. The van der Waals surface area contributed by atoms with Crippen LogP contribution in [0.5, 0.6) is 0 Å². The minimum Gasteiger partial charge on any atom is -0.462 e. The zero-order chi connectivity index (χ0) is 22.8. The number of hydrogen-bond acceptors (Lipinski definition) is 5. The Kier molecular flexibility index (Phi) is 6.18. The second-order valence-corrected chi connectivity index (χ2v) is 8.00. The Hall–Kier alpha value is -3.33. The van der Waals surface area contributed by atoms with Gasteiger partial charge in [-0.05, 0) is 80.5 Å². The minimum absolute atomic E-state index is 0.0766. The molecule has 2 fully saturated rings. The summed E-state index contributed by atoms with van der Waals surface area (Å²) in [6.45, 7) is 2.01. The minimum atomic E-state index is -0.723. The topological polar surface area (TPSA) is 78.9 Å². The van der Waals surface area contributed by atoms with E-state index in [-0.39, 0.29) is 30.9 Å². The van der Waals surface area contributed by atoms with Crippen LogP contribution >= 0.6 is 12.2 Å². The third-order valence-corrected chi connectivity index (χ3v) is 5.73. The summed E-state index contributed by atoms with van der Waals surface area (Å²) in [6.07, 6.45) is 1.73. The highest BCUT2D eigenvalue weighted by Crippen LogP contribution is 2.37. The number of hydrogen-bond donors (Lipinski definition) is 1. The number of thiocarbonyl (C=S) groups is 1. The molecule has 1 unspecified atom stereocenters. The summed E-state index contributed by atoms with van der Waals surface area (Å²) in [5.74, 6) is -1.49. The molecule has 0 bridgehead atoms. The number of nitrogens with zero attached hydrogens (tertiary/aromatic N) is 2. The van der Waals surface area contributed by atoms with Crippen LogP contribution in [0.3, 0.4) is 0 Å². The molecule has 1 N–H and O–H groups in total. The van der Waals surface area contributed by atoms with Crippen molar-refractivity contribution in [2.45, 2.75) is 38.3 Å². The van der Waals surface area contributed by atoms with E-state index in [9.17, 15) is 18.8 Å². The van der Waals surface area contributed by atoms with Crippen molar-refractivity contribution < 1.29 is 23.5 Å². The summed E-state index contributed by atoms with van der Waals surface area (Å²) in [5.41, 5.74) is 1.37. The molecule has 1 heterocycles. The van der Waals surface area contributed by atoms with E-state index >= 15 is 0 Å². The molecular formula is C23H22FN3O4S.